The Labute approximate surface area is 96.1 Å². The van der Waals surface area contributed by atoms with Crippen LogP contribution in [0.4, 0.5) is 9.18 Å². The van der Waals surface area contributed by atoms with Crippen molar-refractivity contribution in [3.8, 4) is 0 Å². The largest absolute Gasteiger partial charge is 0.444 e. The average Bonchev–Trinajstić information content (AvgIpc) is 2.63. The van der Waals surface area contributed by atoms with E-state index in [4.69, 9.17) is 4.74 Å². The lowest BCUT2D eigenvalue weighted by atomic mass is 9.99. The van der Waals surface area contributed by atoms with E-state index in [1.54, 1.807) is 27.8 Å². The van der Waals surface area contributed by atoms with E-state index in [0.29, 0.717) is 13.0 Å². The Morgan fingerprint density at radius 2 is 2.19 bits per heavy atom. The maximum atomic E-state index is 13.1. The number of hydrogen-bond donors (Lipinski definition) is 1. The van der Waals surface area contributed by atoms with Crippen LogP contribution in [0, 0.1) is 0 Å². The smallest absolute Gasteiger partial charge is 0.410 e. The van der Waals surface area contributed by atoms with Gasteiger partial charge < -0.3 is 15.0 Å². The van der Waals surface area contributed by atoms with Gasteiger partial charge in [0.15, 0.2) is 0 Å². The van der Waals surface area contributed by atoms with Gasteiger partial charge in [0.25, 0.3) is 0 Å². The number of carbonyl (C=O) groups is 1. The van der Waals surface area contributed by atoms with E-state index < -0.39 is 23.9 Å². The van der Waals surface area contributed by atoms with Gasteiger partial charge in [-0.3, -0.25) is 0 Å². The summed E-state index contributed by atoms with van der Waals surface area (Å²) in [5.41, 5.74) is -1.28. The molecule has 1 fully saturated rings. The van der Waals surface area contributed by atoms with Crippen LogP contribution in [0.1, 0.15) is 27.2 Å². The van der Waals surface area contributed by atoms with Gasteiger partial charge in [-0.1, -0.05) is 0 Å². The van der Waals surface area contributed by atoms with E-state index in [-0.39, 0.29) is 0 Å². The molecule has 94 valence electrons. The molecule has 1 aliphatic rings. The third kappa shape index (κ3) is 2.84. The zero-order valence-corrected chi connectivity index (χ0v) is 10.5. The molecule has 1 heterocycles. The highest BCUT2D eigenvalue weighted by molar-refractivity contribution is 5.69. The minimum absolute atomic E-state index is 0.464. The van der Waals surface area contributed by atoms with Crippen LogP contribution in [0.2, 0.25) is 0 Å². The highest BCUT2D eigenvalue weighted by atomic mass is 19.1. The minimum Gasteiger partial charge on any atom is -0.444 e. The van der Waals surface area contributed by atoms with Crippen LogP contribution in [-0.2, 0) is 4.74 Å². The molecule has 1 atom stereocenters. The van der Waals surface area contributed by atoms with Crippen LogP contribution in [0.25, 0.3) is 0 Å². The van der Waals surface area contributed by atoms with Crippen molar-refractivity contribution in [1.29, 1.82) is 0 Å². The zero-order chi connectivity index (χ0) is 12.4. The number of nitrogens with zero attached hydrogens (tertiary/aromatic N) is 1. The molecule has 0 aromatic heterocycles. The predicted octanol–water partition coefficient (Wildman–Crippen LogP) is 1.55. The summed E-state index contributed by atoms with van der Waals surface area (Å²) in [4.78, 5) is 13.2. The molecular formula is C11H21FN2O2. The molecule has 1 rings (SSSR count). The molecule has 1 saturated heterocycles. The second kappa shape index (κ2) is 4.57. The Morgan fingerprint density at radius 1 is 1.56 bits per heavy atom. The first-order valence-electron chi connectivity index (χ1n) is 5.54. The Bertz CT molecular complexity index is 257. The van der Waals surface area contributed by atoms with E-state index in [0.717, 1.165) is 6.54 Å². The van der Waals surface area contributed by atoms with Crippen molar-refractivity contribution in [3.05, 3.63) is 0 Å². The van der Waals surface area contributed by atoms with E-state index in [1.807, 2.05) is 0 Å². The maximum absolute atomic E-state index is 13.1. The van der Waals surface area contributed by atoms with E-state index in [1.165, 1.54) is 4.90 Å². The van der Waals surface area contributed by atoms with Gasteiger partial charge in [0.2, 0.25) is 0 Å². The van der Waals surface area contributed by atoms with Gasteiger partial charge in [-0.2, -0.15) is 0 Å². The third-order valence-corrected chi connectivity index (χ3v) is 2.85. The monoisotopic (exact) mass is 232 g/mol. The second-order valence-electron chi connectivity index (χ2n) is 5.32. The fourth-order valence-corrected chi connectivity index (χ4v) is 1.74. The quantitative estimate of drug-likeness (QED) is 0.785. The van der Waals surface area contributed by atoms with Crippen molar-refractivity contribution in [3.63, 3.8) is 0 Å². The van der Waals surface area contributed by atoms with Crippen LogP contribution < -0.4 is 5.32 Å². The molecule has 0 aromatic carbocycles. The van der Waals surface area contributed by atoms with Crippen molar-refractivity contribution >= 4 is 6.09 Å². The van der Waals surface area contributed by atoms with Gasteiger partial charge in [-0.15, -0.1) is 0 Å². The summed E-state index contributed by atoms with van der Waals surface area (Å²) >= 11 is 0. The Balaban J connectivity index is 2.68. The third-order valence-electron chi connectivity index (χ3n) is 2.85. The fourth-order valence-electron chi connectivity index (χ4n) is 1.74. The lowest BCUT2D eigenvalue weighted by Crippen LogP contribution is -2.54. The van der Waals surface area contributed by atoms with Crippen molar-refractivity contribution < 1.29 is 13.9 Å². The molecule has 0 bridgehead atoms. The number of alkyl halides is 1. The molecule has 5 heteroatoms. The summed E-state index contributed by atoms with van der Waals surface area (Å²) in [6.07, 6.45) is 0.160. The van der Waals surface area contributed by atoms with Gasteiger partial charge in [-0.05, 0) is 33.7 Å². The molecule has 4 nitrogen and oxygen atoms in total. The van der Waals surface area contributed by atoms with Crippen molar-refractivity contribution in [1.82, 2.24) is 10.2 Å². The van der Waals surface area contributed by atoms with E-state index in [9.17, 15) is 9.18 Å². The topological polar surface area (TPSA) is 41.6 Å². The normalized spacial score (nSPS) is 25.6. The predicted molar refractivity (Wildman–Crippen MR) is 60.2 cm³/mol. The molecular weight excluding hydrogens is 211 g/mol. The number of hydrogen-bond acceptors (Lipinski definition) is 3. The highest BCUT2D eigenvalue weighted by Gasteiger charge is 2.41. The van der Waals surface area contributed by atoms with Gasteiger partial charge in [0.05, 0.1) is 5.54 Å². The van der Waals surface area contributed by atoms with Gasteiger partial charge >= 0.3 is 6.09 Å². The number of halogens is 1. The zero-order valence-electron chi connectivity index (χ0n) is 10.5. The molecule has 16 heavy (non-hydrogen) atoms. The number of ether oxygens (including phenoxy) is 1. The van der Waals surface area contributed by atoms with Crippen LogP contribution in [0.5, 0.6) is 0 Å². The summed E-state index contributed by atoms with van der Waals surface area (Å²) in [5, 5.41) is 3.07. The van der Waals surface area contributed by atoms with E-state index >= 15 is 0 Å². The van der Waals surface area contributed by atoms with Crippen molar-refractivity contribution in [2.75, 3.05) is 26.8 Å². The molecule has 0 radical (unpaired) electrons. The Kier molecular flexibility index (Phi) is 3.78. The summed E-state index contributed by atoms with van der Waals surface area (Å²) in [7, 11) is 1.60. The van der Waals surface area contributed by atoms with Crippen LogP contribution in [-0.4, -0.2) is 48.9 Å². The number of amides is 1. The molecule has 1 N–H and O–H groups in total. The van der Waals surface area contributed by atoms with Crippen LogP contribution >= 0.6 is 0 Å². The summed E-state index contributed by atoms with van der Waals surface area (Å²) < 4.78 is 18.3. The maximum Gasteiger partial charge on any atom is 0.410 e. The van der Waals surface area contributed by atoms with E-state index in [2.05, 4.69) is 5.32 Å². The first-order chi connectivity index (χ1) is 7.31. The first-order valence-corrected chi connectivity index (χ1v) is 5.54. The van der Waals surface area contributed by atoms with Crippen LogP contribution in [0.15, 0.2) is 0 Å². The summed E-state index contributed by atoms with van der Waals surface area (Å²) in [6, 6.07) is 0. The lowest BCUT2D eigenvalue weighted by molar-refractivity contribution is 0.00352. The number of carbonyl (C=O) groups excluding carboxylic acids is 1. The average molecular weight is 232 g/mol. The number of likely N-dealkylation sites (N-methyl/N-ethyl adjacent to an activating group) is 1. The Morgan fingerprint density at radius 3 is 2.56 bits per heavy atom. The van der Waals surface area contributed by atoms with Gasteiger partial charge in [0, 0.05) is 13.6 Å². The van der Waals surface area contributed by atoms with Crippen molar-refractivity contribution in [2.24, 2.45) is 0 Å². The molecule has 0 saturated carbocycles. The first kappa shape index (κ1) is 13.2. The molecule has 0 aromatic rings. The van der Waals surface area contributed by atoms with Crippen molar-refractivity contribution in [2.45, 2.75) is 38.3 Å². The molecule has 1 aliphatic heterocycles. The fraction of sp³-hybridized carbons (Fsp3) is 0.909. The second-order valence-corrected chi connectivity index (χ2v) is 5.32. The Hall–Kier alpha value is -0.840. The SMILES string of the molecule is CN(C(=O)OC(C)(C)C)C1(CF)CCNC1. The molecule has 0 spiro atoms. The summed E-state index contributed by atoms with van der Waals surface area (Å²) in [5.74, 6) is 0. The minimum atomic E-state index is -0.734. The molecule has 1 unspecified atom stereocenters. The summed E-state index contributed by atoms with van der Waals surface area (Å²) in [6.45, 7) is 6.07. The highest BCUT2D eigenvalue weighted by Crippen LogP contribution is 2.24. The van der Waals surface area contributed by atoms with Gasteiger partial charge in [0.1, 0.15) is 12.3 Å². The standard InChI is InChI=1S/C11H21FN2O2/c1-10(2,3)16-9(15)14(4)11(7-12)5-6-13-8-11/h13H,5-8H2,1-4H3. The molecule has 0 aliphatic carbocycles. The number of nitrogens with one attached hydrogen (secondary N) is 1. The molecule has 1 amide bonds. The van der Waals surface area contributed by atoms with Crippen LogP contribution in [0.3, 0.4) is 0 Å². The lowest BCUT2D eigenvalue weighted by Gasteiger charge is -2.36. The number of rotatable bonds is 2. The van der Waals surface area contributed by atoms with Gasteiger partial charge in [-0.25, -0.2) is 9.18 Å².